The van der Waals surface area contributed by atoms with Crippen molar-refractivity contribution in [3.05, 3.63) is 82.9 Å². The lowest BCUT2D eigenvalue weighted by Gasteiger charge is -2.24. The lowest BCUT2D eigenvalue weighted by molar-refractivity contribution is -0.137. The lowest BCUT2D eigenvalue weighted by atomic mass is 10.1. The summed E-state index contributed by atoms with van der Waals surface area (Å²) in [6.45, 7) is 0.644. The molecule has 0 radical (unpaired) electrons. The van der Waals surface area contributed by atoms with Crippen molar-refractivity contribution in [2.45, 2.75) is 31.5 Å². The molecule has 3 heterocycles. The molecular formula is C22H21F3N4O. The minimum Gasteiger partial charge on any atom is -0.329 e. The van der Waals surface area contributed by atoms with E-state index in [0.29, 0.717) is 18.7 Å². The number of amides is 1. The zero-order valence-electron chi connectivity index (χ0n) is 16.4. The monoisotopic (exact) mass is 414 g/mol. The van der Waals surface area contributed by atoms with Crippen LogP contribution in [0.25, 0.3) is 0 Å². The van der Waals surface area contributed by atoms with Crippen molar-refractivity contribution < 1.29 is 18.0 Å². The maximum atomic E-state index is 12.9. The van der Waals surface area contributed by atoms with E-state index < -0.39 is 11.7 Å². The fraction of sp³-hybridized carbons (Fsp3) is 0.318. The van der Waals surface area contributed by atoms with Gasteiger partial charge in [-0.1, -0.05) is 18.2 Å². The standard InChI is InChI=1S/C22H21F3N4O/c1-28-13-11-19(27-28)21(30)29-12-3-6-20(29)18-5-2-4-17(26-18)14-15-7-9-16(10-8-15)22(23,24)25/h2,4-5,7-11,13,20H,3,6,12,14H2,1H3. The molecule has 8 heteroatoms. The Hall–Kier alpha value is -3.16. The fourth-order valence-corrected chi connectivity index (χ4v) is 3.80. The van der Waals surface area contributed by atoms with Crippen LogP contribution in [0.1, 0.15) is 51.9 Å². The SMILES string of the molecule is Cn1ccc(C(=O)N2CCCC2c2cccc(Cc3ccc(C(F)(F)F)cc3)n2)n1. The van der Waals surface area contributed by atoms with Crippen molar-refractivity contribution in [3.63, 3.8) is 0 Å². The van der Waals surface area contributed by atoms with Gasteiger partial charge in [0.2, 0.25) is 0 Å². The number of hydrogen-bond donors (Lipinski definition) is 0. The maximum Gasteiger partial charge on any atom is 0.416 e. The van der Waals surface area contributed by atoms with Gasteiger partial charge in [-0.3, -0.25) is 14.5 Å². The zero-order valence-corrected chi connectivity index (χ0v) is 16.4. The number of benzene rings is 1. The summed E-state index contributed by atoms with van der Waals surface area (Å²) in [6.07, 6.45) is -0.486. The first-order valence-electron chi connectivity index (χ1n) is 9.74. The first kappa shape index (κ1) is 20.1. The van der Waals surface area contributed by atoms with Gasteiger partial charge in [-0.2, -0.15) is 18.3 Å². The number of aryl methyl sites for hydroxylation is 1. The number of rotatable bonds is 4. The molecule has 1 aromatic carbocycles. The van der Waals surface area contributed by atoms with Gasteiger partial charge in [0, 0.05) is 31.9 Å². The van der Waals surface area contributed by atoms with E-state index in [1.54, 1.807) is 28.9 Å². The first-order chi connectivity index (χ1) is 14.3. The highest BCUT2D eigenvalue weighted by Crippen LogP contribution is 2.32. The molecule has 2 aromatic heterocycles. The Kier molecular flexibility index (Phi) is 5.32. The van der Waals surface area contributed by atoms with E-state index in [9.17, 15) is 18.0 Å². The molecule has 30 heavy (non-hydrogen) atoms. The second-order valence-corrected chi connectivity index (χ2v) is 7.46. The van der Waals surface area contributed by atoms with Crippen molar-refractivity contribution in [3.8, 4) is 0 Å². The number of aromatic nitrogens is 3. The Morgan fingerprint density at radius 2 is 1.90 bits per heavy atom. The van der Waals surface area contributed by atoms with E-state index in [0.717, 1.165) is 41.9 Å². The Morgan fingerprint density at radius 1 is 1.13 bits per heavy atom. The third kappa shape index (κ3) is 4.22. The highest BCUT2D eigenvalue weighted by molar-refractivity contribution is 5.92. The summed E-state index contributed by atoms with van der Waals surface area (Å²) in [5, 5.41) is 4.21. The Morgan fingerprint density at radius 3 is 2.57 bits per heavy atom. The quantitative estimate of drug-likeness (QED) is 0.636. The van der Waals surface area contributed by atoms with Crippen molar-refractivity contribution in [2.24, 2.45) is 7.05 Å². The average Bonchev–Trinajstić information content (AvgIpc) is 3.37. The van der Waals surface area contributed by atoms with Gasteiger partial charge < -0.3 is 4.90 Å². The summed E-state index contributed by atoms with van der Waals surface area (Å²) in [5.41, 5.74) is 2.04. The van der Waals surface area contributed by atoms with Gasteiger partial charge in [0.15, 0.2) is 0 Å². The second-order valence-electron chi connectivity index (χ2n) is 7.46. The topological polar surface area (TPSA) is 51.0 Å². The average molecular weight is 414 g/mol. The molecule has 1 aliphatic rings. The van der Waals surface area contributed by atoms with Crippen LogP contribution >= 0.6 is 0 Å². The van der Waals surface area contributed by atoms with Crippen LogP contribution in [0, 0.1) is 0 Å². The van der Waals surface area contributed by atoms with Gasteiger partial charge in [0.25, 0.3) is 5.91 Å². The number of hydrogen-bond acceptors (Lipinski definition) is 3. The van der Waals surface area contributed by atoms with Crippen LogP contribution < -0.4 is 0 Å². The van der Waals surface area contributed by atoms with Gasteiger partial charge in [0.1, 0.15) is 5.69 Å². The third-order valence-electron chi connectivity index (χ3n) is 5.28. The summed E-state index contributed by atoms with van der Waals surface area (Å²) in [4.78, 5) is 19.4. The normalized spacial score (nSPS) is 16.8. The molecule has 1 atom stereocenters. The number of pyridine rings is 1. The minimum absolute atomic E-state index is 0.118. The highest BCUT2D eigenvalue weighted by Gasteiger charge is 2.33. The van der Waals surface area contributed by atoms with Gasteiger partial charge in [-0.05, 0) is 48.7 Å². The summed E-state index contributed by atoms with van der Waals surface area (Å²) >= 11 is 0. The van der Waals surface area contributed by atoms with Crippen LogP contribution in [-0.2, 0) is 19.6 Å². The van der Waals surface area contributed by atoms with Gasteiger partial charge in [-0.15, -0.1) is 0 Å². The van der Waals surface area contributed by atoms with Crippen molar-refractivity contribution in [1.29, 1.82) is 0 Å². The van der Waals surface area contributed by atoms with Crippen LogP contribution in [0.5, 0.6) is 0 Å². The predicted molar refractivity (Wildman–Crippen MR) is 105 cm³/mol. The number of carbonyl (C=O) groups excluding carboxylic acids is 1. The molecule has 1 aliphatic heterocycles. The zero-order chi connectivity index (χ0) is 21.3. The number of likely N-dealkylation sites (tertiary alicyclic amines) is 1. The molecule has 0 saturated carbocycles. The largest absolute Gasteiger partial charge is 0.416 e. The van der Waals surface area contributed by atoms with E-state index >= 15 is 0 Å². The second kappa shape index (κ2) is 7.93. The fourth-order valence-electron chi connectivity index (χ4n) is 3.80. The molecule has 4 rings (SSSR count). The van der Waals surface area contributed by atoms with Crippen LogP contribution in [0.15, 0.2) is 54.7 Å². The van der Waals surface area contributed by atoms with Crippen molar-refractivity contribution in [1.82, 2.24) is 19.7 Å². The molecule has 0 bridgehead atoms. The maximum absolute atomic E-state index is 12.9. The first-order valence-corrected chi connectivity index (χ1v) is 9.74. The summed E-state index contributed by atoms with van der Waals surface area (Å²) in [7, 11) is 1.77. The van der Waals surface area contributed by atoms with Crippen LogP contribution in [0.2, 0.25) is 0 Å². The molecule has 1 unspecified atom stereocenters. The Balaban J connectivity index is 1.52. The van der Waals surface area contributed by atoms with Crippen molar-refractivity contribution in [2.75, 3.05) is 6.54 Å². The van der Waals surface area contributed by atoms with Gasteiger partial charge >= 0.3 is 6.18 Å². The molecule has 1 amide bonds. The molecule has 3 aromatic rings. The van der Waals surface area contributed by atoms with E-state index in [2.05, 4.69) is 5.10 Å². The lowest BCUT2D eigenvalue weighted by Crippen LogP contribution is -2.31. The van der Waals surface area contributed by atoms with Crippen molar-refractivity contribution >= 4 is 5.91 Å². The Bertz CT molecular complexity index is 1040. The van der Waals surface area contributed by atoms with E-state index in [1.165, 1.54) is 12.1 Å². The summed E-state index contributed by atoms with van der Waals surface area (Å²) < 4.78 is 39.8. The summed E-state index contributed by atoms with van der Waals surface area (Å²) in [6, 6.07) is 12.3. The molecular weight excluding hydrogens is 393 g/mol. The van der Waals surface area contributed by atoms with E-state index in [4.69, 9.17) is 4.98 Å². The van der Waals surface area contributed by atoms with E-state index in [-0.39, 0.29) is 11.9 Å². The number of carbonyl (C=O) groups is 1. The third-order valence-corrected chi connectivity index (χ3v) is 5.28. The Labute approximate surface area is 172 Å². The molecule has 0 spiro atoms. The number of halogens is 3. The number of nitrogens with zero attached hydrogens (tertiary/aromatic N) is 4. The molecule has 0 aliphatic carbocycles. The highest BCUT2D eigenvalue weighted by atomic mass is 19.4. The minimum atomic E-state index is -4.34. The number of alkyl halides is 3. The molecule has 0 N–H and O–H groups in total. The molecule has 156 valence electrons. The molecule has 1 saturated heterocycles. The van der Waals surface area contributed by atoms with Crippen LogP contribution in [0.3, 0.4) is 0 Å². The van der Waals surface area contributed by atoms with Gasteiger partial charge in [-0.25, -0.2) is 0 Å². The van der Waals surface area contributed by atoms with Gasteiger partial charge in [0.05, 0.1) is 17.3 Å². The van der Waals surface area contributed by atoms with Crippen LogP contribution in [-0.4, -0.2) is 32.1 Å². The molecule has 5 nitrogen and oxygen atoms in total. The van der Waals surface area contributed by atoms with E-state index in [1.807, 2.05) is 18.2 Å². The molecule has 1 fully saturated rings. The smallest absolute Gasteiger partial charge is 0.329 e. The van der Waals surface area contributed by atoms with Crippen LogP contribution in [0.4, 0.5) is 13.2 Å². The summed E-state index contributed by atoms with van der Waals surface area (Å²) in [5.74, 6) is -0.118. The predicted octanol–water partition coefficient (Wildman–Crippen LogP) is 4.40.